The Morgan fingerprint density at radius 1 is 0.446 bits per heavy atom. The van der Waals surface area contributed by atoms with Gasteiger partial charge in [0.05, 0.1) is 18.8 Å². The number of carbonyl (C=O) groups excluding carboxylic acids is 1. The van der Waals surface area contributed by atoms with E-state index < -0.39 is 18.2 Å². The van der Waals surface area contributed by atoms with Gasteiger partial charge in [-0.05, 0) is 44.9 Å². The highest BCUT2D eigenvalue weighted by molar-refractivity contribution is 5.76. The van der Waals surface area contributed by atoms with Crippen molar-refractivity contribution in [2.45, 2.75) is 289 Å². The second-order valence-corrected chi connectivity index (χ2v) is 17.4. The number of nitrogens with one attached hydrogen (secondary N) is 1. The summed E-state index contributed by atoms with van der Waals surface area (Å²) in [6.07, 6.45) is 57.5. The molecule has 0 aromatic heterocycles. The van der Waals surface area contributed by atoms with Gasteiger partial charge in [0.2, 0.25) is 5.91 Å². The molecular formula is C51H99NO4. The molecule has 0 aromatic rings. The van der Waals surface area contributed by atoms with Crippen molar-refractivity contribution in [3.05, 3.63) is 24.3 Å². The van der Waals surface area contributed by atoms with Crippen LogP contribution in [0.5, 0.6) is 0 Å². The third kappa shape index (κ3) is 41.0. The summed E-state index contributed by atoms with van der Waals surface area (Å²) in [7, 11) is 0. The smallest absolute Gasteiger partial charge is 0.220 e. The average Bonchev–Trinajstić information content (AvgIpc) is 3.20. The van der Waals surface area contributed by atoms with Crippen molar-refractivity contribution in [1.82, 2.24) is 5.32 Å². The first-order valence-corrected chi connectivity index (χ1v) is 25.1. The number of aliphatic hydroxyl groups excluding tert-OH is 3. The Balaban J connectivity index is 3.50. The van der Waals surface area contributed by atoms with Gasteiger partial charge >= 0.3 is 0 Å². The molecule has 0 aliphatic carbocycles. The van der Waals surface area contributed by atoms with Crippen molar-refractivity contribution in [2.75, 3.05) is 6.61 Å². The van der Waals surface area contributed by atoms with Crippen molar-refractivity contribution in [2.24, 2.45) is 0 Å². The number of rotatable bonds is 46. The fourth-order valence-electron chi connectivity index (χ4n) is 7.90. The van der Waals surface area contributed by atoms with Gasteiger partial charge in [0.25, 0.3) is 0 Å². The fraction of sp³-hybridized carbons (Fsp3) is 0.902. The minimum absolute atomic E-state index is 0.143. The number of amides is 1. The summed E-state index contributed by atoms with van der Waals surface area (Å²) in [6.45, 7) is 4.18. The largest absolute Gasteiger partial charge is 0.394 e. The van der Waals surface area contributed by atoms with Crippen molar-refractivity contribution < 1.29 is 20.1 Å². The molecule has 5 nitrogen and oxygen atoms in total. The molecule has 1 amide bonds. The van der Waals surface area contributed by atoms with E-state index in [1.807, 2.05) is 0 Å². The maximum atomic E-state index is 12.4. The van der Waals surface area contributed by atoms with Gasteiger partial charge in [-0.15, -0.1) is 0 Å². The first-order chi connectivity index (χ1) is 27.6. The van der Waals surface area contributed by atoms with Gasteiger partial charge in [0.15, 0.2) is 0 Å². The molecular weight excluding hydrogens is 691 g/mol. The van der Waals surface area contributed by atoms with Crippen LogP contribution in [0.15, 0.2) is 24.3 Å². The van der Waals surface area contributed by atoms with E-state index in [0.717, 1.165) is 44.9 Å². The lowest BCUT2D eigenvalue weighted by Crippen LogP contribution is -2.50. The second kappa shape index (κ2) is 46.5. The molecule has 0 bridgehead atoms. The minimum Gasteiger partial charge on any atom is -0.394 e. The van der Waals surface area contributed by atoms with Crippen LogP contribution in [0, 0.1) is 0 Å². The maximum Gasteiger partial charge on any atom is 0.220 e. The Kier molecular flexibility index (Phi) is 45.5. The van der Waals surface area contributed by atoms with Crippen molar-refractivity contribution in [3.63, 3.8) is 0 Å². The average molecular weight is 790 g/mol. The van der Waals surface area contributed by atoms with E-state index in [2.05, 4.69) is 43.5 Å². The van der Waals surface area contributed by atoms with E-state index >= 15 is 0 Å². The minimum atomic E-state index is -1.13. The van der Waals surface area contributed by atoms with E-state index in [4.69, 9.17) is 0 Å². The molecule has 3 atom stereocenters. The molecule has 0 spiro atoms. The van der Waals surface area contributed by atoms with E-state index in [9.17, 15) is 20.1 Å². The topological polar surface area (TPSA) is 89.8 Å². The molecule has 0 saturated carbocycles. The SMILES string of the molecule is CCCCCCCCCCC/C=C\C/C=C\CCCCCCCCCCCCCCCCCC(=O)NC(CO)C(O)C(O)CCCCCCCCCCCCC. The van der Waals surface area contributed by atoms with Crippen LogP contribution in [-0.2, 0) is 4.79 Å². The molecule has 0 aliphatic rings. The molecule has 3 unspecified atom stereocenters. The lowest BCUT2D eigenvalue weighted by Gasteiger charge is -2.26. The van der Waals surface area contributed by atoms with Crippen LogP contribution in [0.3, 0.4) is 0 Å². The second-order valence-electron chi connectivity index (χ2n) is 17.4. The fourth-order valence-corrected chi connectivity index (χ4v) is 7.90. The molecule has 0 aromatic carbocycles. The summed E-state index contributed by atoms with van der Waals surface area (Å²) in [5, 5.41) is 33.5. The third-order valence-corrected chi connectivity index (χ3v) is 11.8. The van der Waals surface area contributed by atoms with Crippen molar-refractivity contribution in [3.8, 4) is 0 Å². The summed E-state index contributed by atoms with van der Waals surface area (Å²) >= 11 is 0. The van der Waals surface area contributed by atoms with Gasteiger partial charge in [-0.3, -0.25) is 4.79 Å². The van der Waals surface area contributed by atoms with Crippen LogP contribution < -0.4 is 5.32 Å². The monoisotopic (exact) mass is 790 g/mol. The van der Waals surface area contributed by atoms with Crippen LogP contribution in [0.25, 0.3) is 0 Å². The van der Waals surface area contributed by atoms with E-state index in [-0.39, 0.29) is 12.5 Å². The lowest BCUT2D eigenvalue weighted by atomic mass is 9.99. The molecule has 0 rings (SSSR count). The first-order valence-electron chi connectivity index (χ1n) is 25.1. The van der Waals surface area contributed by atoms with Crippen molar-refractivity contribution in [1.29, 1.82) is 0 Å². The zero-order chi connectivity index (χ0) is 40.8. The molecule has 5 heteroatoms. The maximum absolute atomic E-state index is 12.4. The number of aliphatic hydroxyl groups is 3. The normalized spacial score (nSPS) is 13.6. The van der Waals surface area contributed by atoms with Gasteiger partial charge in [-0.1, -0.05) is 244 Å². The molecule has 0 saturated heterocycles. The van der Waals surface area contributed by atoms with Gasteiger partial charge in [-0.25, -0.2) is 0 Å². The van der Waals surface area contributed by atoms with Gasteiger partial charge in [0.1, 0.15) is 6.10 Å². The quantitative estimate of drug-likeness (QED) is 0.0365. The molecule has 56 heavy (non-hydrogen) atoms. The van der Waals surface area contributed by atoms with Crippen LogP contribution >= 0.6 is 0 Å². The number of hydrogen-bond acceptors (Lipinski definition) is 4. The summed E-state index contributed by atoms with van der Waals surface area (Å²) in [6, 6.07) is -0.806. The molecule has 4 N–H and O–H groups in total. The number of carbonyl (C=O) groups is 1. The molecule has 0 aliphatic heterocycles. The molecule has 0 radical (unpaired) electrons. The lowest BCUT2D eigenvalue weighted by molar-refractivity contribution is -0.124. The standard InChI is InChI=1S/C51H99NO4/c1-3-5-7-9-11-13-15-16-17-18-19-20-21-22-23-24-25-26-27-28-29-30-31-32-33-34-36-38-40-42-44-46-50(55)52-48(47-53)51(56)49(54)45-43-41-39-37-35-14-12-10-8-6-4-2/h19-20,22-23,48-49,51,53-54,56H,3-18,21,24-47H2,1-2H3,(H,52,55)/b20-19-,23-22-. The number of allylic oxidation sites excluding steroid dienone is 4. The Bertz CT molecular complexity index is 829. The summed E-state index contributed by atoms with van der Waals surface area (Å²) in [5.74, 6) is -0.143. The molecule has 0 heterocycles. The third-order valence-electron chi connectivity index (χ3n) is 11.8. The van der Waals surface area contributed by atoms with Crippen LogP contribution in [0.4, 0.5) is 0 Å². The highest BCUT2D eigenvalue weighted by Crippen LogP contribution is 2.17. The molecule has 332 valence electrons. The molecule has 0 fully saturated rings. The Hall–Kier alpha value is -1.17. The summed E-state index contributed by atoms with van der Waals surface area (Å²) in [5.41, 5.74) is 0. The number of unbranched alkanes of at least 4 members (excludes halogenated alkanes) is 34. The van der Waals surface area contributed by atoms with Crippen molar-refractivity contribution >= 4 is 5.91 Å². The van der Waals surface area contributed by atoms with Gasteiger partial charge in [-0.2, -0.15) is 0 Å². The van der Waals surface area contributed by atoms with E-state index in [0.29, 0.717) is 12.8 Å². The van der Waals surface area contributed by atoms with Crippen LogP contribution in [-0.4, -0.2) is 46.1 Å². The van der Waals surface area contributed by atoms with Gasteiger partial charge < -0.3 is 20.6 Å². The predicted molar refractivity (Wildman–Crippen MR) is 245 cm³/mol. The Labute approximate surface area is 350 Å². The van der Waals surface area contributed by atoms with E-state index in [1.54, 1.807) is 0 Å². The van der Waals surface area contributed by atoms with Gasteiger partial charge in [0, 0.05) is 6.42 Å². The zero-order valence-corrected chi connectivity index (χ0v) is 37.8. The predicted octanol–water partition coefficient (Wildman–Crippen LogP) is 14.9. The highest BCUT2D eigenvalue weighted by Gasteiger charge is 2.26. The van der Waals surface area contributed by atoms with Crippen LogP contribution in [0.2, 0.25) is 0 Å². The highest BCUT2D eigenvalue weighted by atomic mass is 16.3. The summed E-state index contributed by atoms with van der Waals surface area (Å²) < 4.78 is 0. The first kappa shape index (κ1) is 54.8. The number of hydrogen-bond donors (Lipinski definition) is 4. The van der Waals surface area contributed by atoms with Crippen LogP contribution in [0.1, 0.15) is 271 Å². The Morgan fingerprint density at radius 3 is 1.12 bits per heavy atom. The Morgan fingerprint density at radius 2 is 0.768 bits per heavy atom. The summed E-state index contributed by atoms with van der Waals surface area (Å²) in [4.78, 5) is 12.4. The van der Waals surface area contributed by atoms with E-state index in [1.165, 1.54) is 199 Å². The zero-order valence-electron chi connectivity index (χ0n) is 37.8.